The van der Waals surface area contributed by atoms with Crippen LogP contribution in [0.4, 0.5) is 0 Å². The lowest BCUT2D eigenvalue weighted by molar-refractivity contribution is -0.146. The van der Waals surface area contributed by atoms with Gasteiger partial charge in [-0.15, -0.1) is 0 Å². The Morgan fingerprint density at radius 3 is 2.56 bits per heavy atom. The first kappa shape index (κ1) is 18.6. The molecule has 2 fully saturated rings. The number of aliphatic hydroxyl groups excluding tert-OH is 1. The topological polar surface area (TPSA) is 83.8 Å². The van der Waals surface area contributed by atoms with Gasteiger partial charge in [-0.3, -0.25) is 4.79 Å². The van der Waals surface area contributed by atoms with Gasteiger partial charge >= 0.3 is 5.97 Å². The number of rotatable bonds is 3. The van der Waals surface area contributed by atoms with Gasteiger partial charge in [-0.2, -0.15) is 0 Å². The van der Waals surface area contributed by atoms with E-state index in [0.29, 0.717) is 32.3 Å². The third-order valence-corrected chi connectivity index (χ3v) is 7.60. The molecular formula is C20H30O5. The maximum Gasteiger partial charge on any atom is 0.331 e. The fourth-order valence-corrected chi connectivity index (χ4v) is 5.01. The van der Waals surface area contributed by atoms with Crippen LogP contribution in [0.5, 0.6) is 0 Å². The highest BCUT2D eigenvalue weighted by Gasteiger charge is 2.64. The molecule has 0 aromatic rings. The number of ether oxygens (including phenoxy) is 1. The number of ketones is 1. The highest BCUT2D eigenvalue weighted by Crippen LogP contribution is 2.58. The molecule has 0 aromatic carbocycles. The Hall–Kier alpha value is -1.20. The molecule has 5 nitrogen and oxygen atoms in total. The second-order valence-corrected chi connectivity index (χ2v) is 9.08. The molecule has 0 spiro atoms. The van der Waals surface area contributed by atoms with E-state index in [-0.39, 0.29) is 17.7 Å². The van der Waals surface area contributed by atoms with Crippen LogP contribution in [0.25, 0.3) is 0 Å². The molecule has 0 amide bonds. The fourth-order valence-electron chi connectivity index (χ4n) is 5.01. The smallest absolute Gasteiger partial charge is 0.331 e. The number of fused-ring (bicyclic) bond motifs is 1. The van der Waals surface area contributed by atoms with Crippen molar-refractivity contribution in [3.8, 4) is 0 Å². The van der Waals surface area contributed by atoms with Gasteiger partial charge in [0.1, 0.15) is 12.4 Å². The number of aliphatic hydroxyl groups is 2. The van der Waals surface area contributed by atoms with Crippen molar-refractivity contribution in [1.82, 2.24) is 0 Å². The standard InChI is InChI=1S/C20H30O5/c1-12-5-8-20(24)14(10-15(21)18(20,2)3)17(23)19(12,4)7-6-13-9-16(22)25-11-13/h9,12,14-15,21,24H,5-8,10-11H2,1-4H3/t12-,14+,15-,19+,20-/m1/s1. The summed E-state index contributed by atoms with van der Waals surface area (Å²) < 4.78 is 4.95. The number of cyclic esters (lactones) is 1. The minimum absolute atomic E-state index is 0.0652. The molecule has 25 heavy (non-hydrogen) atoms. The number of esters is 1. The van der Waals surface area contributed by atoms with E-state index in [9.17, 15) is 19.8 Å². The molecule has 0 aromatic heterocycles. The molecule has 0 bridgehead atoms. The predicted molar refractivity (Wildman–Crippen MR) is 92.6 cm³/mol. The van der Waals surface area contributed by atoms with E-state index in [4.69, 9.17) is 4.74 Å². The first-order valence-electron chi connectivity index (χ1n) is 9.33. The average Bonchev–Trinajstić information content (AvgIpc) is 3.02. The van der Waals surface area contributed by atoms with E-state index < -0.39 is 28.5 Å². The second-order valence-electron chi connectivity index (χ2n) is 9.08. The number of Topliss-reactive ketones (excluding diaryl/α,β-unsaturated/α-hetero) is 1. The molecule has 2 saturated carbocycles. The summed E-state index contributed by atoms with van der Waals surface area (Å²) in [4.78, 5) is 24.7. The summed E-state index contributed by atoms with van der Waals surface area (Å²) in [5, 5.41) is 21.8. The summed E-state index contributed by atoms with van der Waals surface area (Å²) in [7, 11) is 0. The molecule has 0 radical (unpaired) electrons. The van der Waals surface area contributed by atoms with Crippen LogP contribution in [0.2, 0.25) is 0 Å². The SMILES string of the molecule is C[C@@H]1CC[C@@]2(O)[C@@H](C[C@@H](O)C2(C)C)C(=O)[C@@]1(C)CCC1=CC(=O)OC1. The lowest BCUT2D eigenvalue weighted by Crippen LogP contribution is -2.50. The van der Waals surface area contributed by atoms with Crippen LogP contribution in [-0.2, 0) is 14.3 Å². The molecule has 3 aliphatic rings. The van der Waals surface area contributed by atoms with Crippen molar-refractivity contribution in [1.29, 1.82) is 0 Å². The monoisotopic (exact) mass is 350 g/mol. The van der Waals surface area contributed by atoms with Gasteiger partial charge in [0.2, 0.25) is 0 Å². The number of carbonyl (C=O) groups is 2. The zero-order chi connectivity index (χ0) is 18.6. The Bertz CT molecular complexity index is 622. The third-order valence-electron chi connectivity index (χ3n) is 7.60. The van der Waals surface area contributed by atoms with Crippen molar-refractivity contribution in [2.45, 2.75) is 71.5 Å². The second kappa shape index (κ2) is 5.92. The number of carbonyl (C=O) groups excluding carboxylic acids is 2. The molecule has 0 saturated heterocycles. The van der Waals surface area contributed by atoms with Crippen LogP contribution in [0, 0.1) is 22.7 Å². The van der Waals surface area contributed by atoms with Gasteiger partial charge in [-0.25, -0.2) is 4.79 Å². The number of hydrogen-bond acceptors (Lipinski definition) is 5. The molecule has 5 atom stereocenters. The van der Waals surface area contributed by atoms with Gasteiger partial charge in [0.05, 0.1) is 17.6 Å². The van der Waals surface area contributed by atoms with Crippen molar-refractivity contribution in [2.24, 2.45) is 22.7 Å². The Morgan fingerprint density at radius 2 is 1.96 bits per heavy atom. The van der Waals surface area contributed by atoms with Crippen LogP contribution < -0.4 is 0 Å². The minimum Gasteiger partial charge on any atom is -0.458 e. The van der Waals surface area contributed by atoms with E-state index in [0.717, 1.165) is 12.0 Å². The van der Waals surface area contributed by atoms with Crippen LogP contribution in [-0.4, -0.2) is 40.3 Å². The molecule has 3 rings (SSSR count). The quantitative estimate of drug-likeness (QED) is 0.764. The molecule has 0 unspecified atom stereocenters. The van der Waals surface area contributed by atoms with Gasteiger partial charge in [0.15, 0.2) is 0 Å². The Balaban J connectivity index is 1.86. The first-order chi connectivity index (χ1) is 11.5. The van der Waals surface area contributed by atoms with Crippen molar-refractivity contribution in [3.05, 3.63) is 11.6 Å². The third kappa shape index (κ3) is 2.67. The van der Waals surface area contributed by atoms with E-state index in [1.54, 1.807) is 0 Å². The Morgan fingerprint density at radius 1 is 1.28 bits per heavy atom. The van der Waals surface area contributed by atoms with Crippen molar-refractivity contribution < 1.29 is 24.5 Å². The maximum atomic E-state index is 13.5. The molecule has 2 N–H and O–H groups in total. The summed E-state index contributed by atoms with van der Waals surface area (Å²) in [6.45, 7) is 8.11. The van der Waals surface area contributed by atoms with E-state index in [1.165, 1.54) is 6.08 Å². The van der Waals surface area contributed by atoms with Gasteiger partial charge in [0.25, 0.3) is 0 Å². The lowest BCUT2D eigenvalue weighted by atomic mass is 9.66. The molecule has 1 heterocycles. The maximum absolute atomic E-state index is 13.5. The summed E-state index contributed by atoms with van der Waals surface area (Å²) in [6.07, 6.45) is 3.75. The molecule has 2 aliphatic carbocycles. The van der Waals surface area contributed by atoms with Gasteiger partial charge < -0.3 is 14.9 Å². The van der Waals surface area contributed by atoms with Gasteiger partial charge in [0, 0.05) is 16.9 Å². The highest BCUT2D eigenvalue weighted by atomic mass is 16.5. The fraction of sp³-hybridized carbons (Fsp3) is 0.800. The van der Waals surface area contributed by atoms with Crippen LogP contribution in [0.3, 0.4) is 0 Å². The predicted octanol–water partition coefficient (Wildman–Crippen LogP) is 2.39. The largest absolute Gasteiger partial charge is 0.458 e. The van der Waals surface area contributed by atoms with Crippen LogP contribution >= 0.6 is 0 Å². The average molecular weight is 350 g/mol. The zero-order valence-electron chi connectivity index (χ0n) is 15.7. The highest BCUT2D eigenvalue weighted by molar-refractivity contribution is 5.89. The summed E-state index contributed by atoms with van der Waals surface area (Å²) in [5.41, 5.74) is -1.48. The zero-order valence-corrected chi connectivity index (χ0v) is 15.7. The summed E-state index contributed by atoms with van der Waals surface area (Å²) in [6, 6.07) is 0. The van der Waals surface area contributed by atoms with Crippen LogP contribution in [0.1, 0.15) is 59.8 Å². The van der Waals surface area contributed by atoms with Crippen molar-refractivity contribution >= 4 is 11.8 Å². The molecule has 5 heteroatoms. The minimum atomic E-state index is -1.15. The first-order valence-corrected chi connectivity index (χ1v) is 9.33. The lowest BCUT2D eigenvalue weighted by Gasteiger charge is -2.41. The van der Waals surface area contributed by atoms with Gasteiger partial charge in [-0.1, -0.05) is 27.7 Å². The van der Waals surface area contributed by atoms with Crippen LogP contribution in [0.15, 0.2) is 11.6 Å². The van der Waals surface area contributed by atoms with Crippen molar-refractivity contribution in [3.63, 3.8) is 0 Å². The summed E-state index contributed by atoms with van der Waals surface area (Å²) >= 11 is 0. The summed E-state index contributed by atoms with van der Waals surface area (Å²) in [5.74, 6) is -0.630. The molecule has 140 valence electrons. The van der Waals surface area contributed by atoms with E-state index in [1.807, 2.05) is 20.8 Å². The Labute approximate surface area is 149 Å². The normalized spacial score (nSPS) is 43.4. The van der Waals surface area contributed by atoms with Crippen molar-refractivity contribution in [2.75, 3.05) is 6.61 Å². The molecule has 1 aliphatic heterocycles. The Kier molecular flexibility index (Phi) is 4.40. The molecular weight excluding hydrogens is 320 g/mol. The van der Waals surface area contributed by atoms with E-state index >= 15 is 0 Å². The van der Waals surface area contributed by atoms with E-state index in [2.05, 4.69) is 6.92 Å². The van der Waals surface area contributed by atoms with Gasteiger partial charge in [-0.05, 0) is 43.6 Å². The number of hydrogen-bond donors (Lipinski definition) is 2.